The average molecular weight is 486 g/mol. The number of urea groups is 1. The van der Waals surface area contributed by atoms with E-state index in [0.29, 0.717) is 16.9 Å². The number of nitrogens with two attached hydrogens (primary N) is 1. The molecule has 1 fully saturated rings. The fraction of sp³-hybridized carbons (Fsp3) is 0.261. The van der Waals surface area contributed by atoms with Crippen LogP contribution in [-0.4, -0.2) is 50.9 Å². The Morgan fingerprint density at radius 3 is 2.60 bits per heavy atom. The van der Waals surface area contributed by atoms with Gasteiger partial charge in [0.25, 0.3) is 0 Å². The second kappa shape index (κ2) is 8.78. The number of carbonyl (C=O) groups is 3. The fourth-order valence-electron chi connectivity index (χ4n) is 3.92. The zero-order chi connectivity index (χ0) is 25.5. The van der Waals surface area contributed by atoms with E-state index < -0.39 is 36.2 Å². The number of hydrogen-bond acceptors (Lipinski definition) is 7. The van der Waals surface area contributed by atoms with Gasteiger partial charge in [0.1, 0.15) is 5.82 Å². The standard InChI is InChI=1S/C23H20F2N4O6/c1-3-4-14(13-5-6-15-16(9-13)35-23(24,25)34-15)28-22(33)29-19(21(31)32)18(20(29)30)11(2)12-7-8-27-17(26)10-12/h5-10,18-19H,2-4H2,1H3,(H2,26,27)(H,31,32)/b28-14+/t18-,19+/m1/s1. The number of carbonyl (C=O) groups excluding carboxylic acids is 2. The summed E-state index contributed by atoms with van der Waals surface area (Å²) in [5, 5.41) is 9.73. The van der Waals surface area contributed by atoms with Crippen LogP contribution >= 0.6 is 0 Å². The maximum absolute atomic E-state index is 13.3. The lowest BCUT2D eigenvalue weighted by Gasteiger charge is -2.42. The molecule has 3 heterocycles. The van der Waals surface area contributed by atoms with Crippen molar-refractivity contribution in [2.75, 3.05) is 5.73 Å². The van der Waals surface area contributed by atoms with Gasteiger partial charge in [0.05, 0.1) is 11.6 Å². The fourth-order valence-corrected chi connectivity index (χ4v) is 3.92. The number of nitrogens with zero attached hydrogens (tertiary/aromatic N) is 3. The van der Waals surface area contributed by atoms with E-state index in [9.17, 15) is 28.3 Å². The molecule has 10 nitrogen and oxygen atoms in total. The topological polar surface area (TPSA) is 144 Å². The second-order valence-electron chi connectivity index (χ2n) is 7.88. The molecule has 4 rings (SSSR count). The molecule has 35 heavy (non-hydrogen) atoms. The maximum atomic E-state index is 13.3. The van der Waals surface area contributed by atoms with Crippen LogP contribution in [0.3, 0.4) is 0 Å². The van der Waals surface area contributed by atoms with Gasteiger partial charge in [-0.05, 0) is 47.9 Å². The molecule has 2 atom stereocenters. The number of carboxylic acid groups (broad SMARTS) is 1. The van der Waals surface area contributed by atoms with Crippen LogP contribution in [0, 0.1) is 5.92 Å². The summed E-state index contributed by atoms with van der Waals surface area (Å²) in [5.41, 5.74) is 6.70. The number of likely N-dealkylation sites (tertiary alicyclic amines) is 1. The molecule has 0 unspecified atom stereocenters. The first-order valence-electron chi connectivity index (χ1n) is 10.5. The Hall–Kier alpha value is -4.35. The number of alkyl halides is 2. The van der Waals surface area contributed by atoms with Crippen molar-refractivity contribution in [3.05, 3.63) is 54.2 Å². The molecule has 2 aliphatic heterocycles. The Bertz CT molecular complexity index is 1280. The Morgan fingerprint density at radius 1 is 1.23 bits per heavy atom. The van der Waals surface area contributed by atoms with Crippen molar-refractivity contribution < 1.29 is 37.7 Å². The molecule has 1 aromatic heterocycles. The van der Waals surface area contributed by atoms with Crippen molar-refractivity contribution in [2.24, 2.45) is 10.9 Å². The van der Waals surface area contributed by atoms with E-state index in [1.54, 1.807) is 6.92 Å². The number of amides is 3. The van der Waals surface area contributed by atoms with Gasteiger partial charge in [0.15, 0.2) is 17.5 Å². The number of ether oxygens (including phenoxy) is 2. The quantitative estimate of drug-likeness (QED) is 0.467. The van der Waals surface area contributed by atoms with Crippen LogP contribution in [-0.2, 0) is 9.59 Å². The number of nitrogen functional groups attached to an aromatic ring is 1. The van der Waals surface area contributed by atoms with Crippen LogP contribution in [0.25, 0.3) is 5.57 Å². The Labute approximate surface area is 197 Å². The summed E-state index contributed by atoms with van der Waals surface area (Å²) in [6, 6.07) is 4.25. The van der Waals surface area contributed by atoms with E-state index in [2.05, 4.69) is 26.0 Å². The Balaban J connectivity index is 1.61. The number of benzene rings is 1. The highest BCUT2D eigenvalue weighted by Gasteiger charge is 2.56. The predicted molar refractivity (Wildman–Crippen MR) is 119 cm³/mol. The van der Waals surface area contributed by atoms with Crippen molar-refractivity contribution in [3.63, 3.8) is 0 Å². The number of hydrogen-bond donors (Lipinski definition) is 2. The van der Waals surface area contributed by atoms with E-state index in [1.807, 2.05) is 0 Å². The second-order valence-corrected chi connectivity index (χ2v) is 7.88. The number of anilines is 1. The summed E-state index contributed by atoms with van der Waals surface area (Å²) in [4.78, 5) is 46.1. The average Bonchev–Trinajstić information content (AvgIpc) is 3.09. The molecular formula is C23H20F2N4O6. The lowest BCUT2D eigenvalue weighted by atomic mass is 9.79. The van der Waals surface area contributed by atoms with Gasteiger partial charge < -0.3 is 20.3 Å². The van der Waals surface area contributed by atoms with Gasteiger partial charge >= 0.3 is 18.3 Å². The lowest BCUT2D eigenvalue weighted by molar-refractivity contribution is -0.286. The van der Waals surface area contributed by atoms with Crippen molar-refractivity contribution in [3.8, 4) is 11.5 Å². The zero-order valence-electron chi connectivity index (χ0n) is 18.4. The van der Waals surface area contributed by atoms with Gasteiger partial charge in [-0.3, -0.25) is 4.79 Å². The molecule has 0 radical (unpaired) electrons. The lowest BCUT2D eigenvalue weighted by Crippen LogP contribution is -2.65. The summed E-state index contributed by atoms with van der Waals surface area (Å²) in [5.74, 6) is -3.65. The normalized spacial score (nSPS) is 20.4. The molecule has 2 aromatic rings. The highest BCUT2D eigenvalue weighted by molar-refractivity contribution is 6.16. The van der Waals surface area contributed by atoms with Crippen LogP contribution in [0.4, 0.5) is 19.4 Å². The molecule has 0 bridgehead atoms. The number of pyridine rings is 1. The van der Waals surface area contributed by atoms with Crippen LogP contribution in [0.2, 0.25) is 0 Å². The monoisotopic (exact) mass is 486 g/mol. The first kappa shape index (κ1) is 23.8. The number of aliphatic carboxylic acids is 1. The summed E-state index contributed by atoms with van der Waals surface area (Å²) >= 11 is 0. The Kier molecular flexibility index (Phi) is 5.97. The van der Waals surface area contributed by atoms with E-state index in [4.69, 9.17) is 5.73 Å². The van der Waals surface area contributed by atoms with Crippen LogP contribution < -0.4 is 15.2 Å². The number of carboxylic acids is 1. The number of fused-ring (bicyclic) bond motifs is 1. The number of aliphatic imine (C=N–C) groups is 1. The highest BCUT2D eigenvalue weighted by atomic mass is 19.3. The largest absolute Gasteiger partial charge is 0.586 e. The Morgan fingerprint density at radius 2 is 1.94 bits per heavy atom. The van der Waals surface area contributed by atoms with E-state index in [1.165, 1.54) is 36.5 Å². The van der Waals surface area contributed by atoms with Gasteiger partial charge in [0, 0.05) is 11.8 Å². The van der Waals surface area contributed by atoms with Gasteiger partial charge in [-0.25, -0.2) is 19.5 Å². The van der Waals surface area contributed by atoms with Crippen molar-refractivity contribution in [1.82, 2.24) is 9.88 Å². The third kappa shape index (κ3) is 4.42. The molecule has 3 N–H and O–H groups in total. The number of halogens is 2. The summed E-state index contributed by atoms with van der Waals surface area (Å²) < 4.78 is 35.5. The van der Waals surface area contributed by atoms with Gasteiger partial charge in [0.2, 0.25) is 5.91 Å². The molecule has 3 amide bonds. The number of rotatable bonds is 6. The van der Waals surface area contributed by atoms with E-state index in [-0.39, 0.29) is 40.6 Å². The smallest absolute Gasteiger partial charge is 0.480 e. The van der Waals surface area contributed by atoms with Crippen LogP contribution in [0.5, 0.6) is 11.5 Å². The summed E-state index contributed by atoms with van der Waals surface area (Å²) in [6.45, 7) is 5.62. The molecule has 0 aliphatic carbocycles. The number of β-lactam (4-membered cyclic amide) rings is 1. The minimum absolute atomic E-state index is 0.158. The number of aromatic nitrogens is 1. The molecule has 1 saturated heterocycles. The van der Waals surface area contributed by atoms with E-state index >= 15 is 0 Å². The summed E-state index contributed by atoms with van der Waals surface area (Å²) in [6.07, 6.45) is -1.65. The first-order valence-corrected chi connectivity index (χ1v) is 10.5. The molecule has 2 aliphatic rings. The van der Waals surface area contributed by atoms with E-state index in [0.717, 1.165) is 0 Å². The molecular weight excluding hydrogens is 466 g/mol. The summed E-state index contributed by atoms with van der Waals surface area (Å²) in [7, 11) is 0. The number of imide groups is 1. The van der Waals surface area contributed by atoms with Gasteiger partial charge in [-0.1, -0.05) is 19.9 Å². The highest BCUT2D eigenvalue weighted by Crippen LogP contribution is 2.42. The molecule has 0 spiro atoms. The molecule has 0 saturated carbocycles. The zero-order valence-corrected chi connectivity index (χ0v) is 18.4. The molecule has 182 valence electrons. The third-order valence-corrected chi connectivity index (χ3v) is 5.54. The van der Waals surface area contributed by atoms with Gasteiger partial charge in [-0.2, -0.15) is 4.99 Å². The minimum Gasteiger partial charge on any atom is -0.480 e. The first-order chi connectivity index (χ1) is 16.5. The SMILES string of the molecule is C=C(c1ccnc(N)c1)[C@H]1C(=O)N(C(=O)/N=C(\CCC)c2ccc3c(c2)OC(F)(F)O3)[C@@H]1C(=O)O. The molecule has 1 aromatic carbocycles. The predicted octanol–water partition coefficient (Wildman–Crippen LogP) is 3.32. The van der Waals surface area contributed by atoms with Crippen molar-refractivity contribution in [1.29, 1.82) is 0 Å². The van der Waals surface area contributed by atoms with Gasteiger partial charge in [-0.15, -0.1) is 8.78 Å². The third-order valence-electron chi connectivity index (χ3n) is 5.54. The van der Waals surface area contributed by atoms with Crippen LogP contribution in [0.1, 0.15) is 30.9 Å². The molecule has 12 heteroatoms. The van der Waals surface area contributed by atoms with Crippen molar-refractivity contribution >= 4 is 35.0 Å². The minimum atomic E-state index is -3.81. The van der Waals surface area contributed by atoms with Crippen LogP contribution in [0.15, 0.2) is 48.1 Å². The maximum Gasteiger partial charge on any atom is 0.586 e. The van der Waals surface area contributed by atoms with Crippen molar-refractivity contribution in [2.45, 2.75) is 32.1 Å².